The first kappa shape index (κ1) is 19.9. The van der Waals surface area contributed by atoms with Gasteiger partial charge in [-0.15, -0.1) is 5.10 Å². The molecule has 0 bridgehead atoms. The third-order valence-corrected chi connectivity index (χ3v) is 6.75. The van der Waals surface area contributed by atoms with Gasteiger partial charge in [0.15, 0.2) is 5.82 Å². The van der Waals surface area contributed by atoms with Gasteiger partial charge in [-0.1, -0.05) is 54.6 Å². The van der Waals surface area contributed by atoms with Crippen LogP contribution in [0.4, 0.5) is 11.5 Å². The van der Waals surface area contributed by atoms with Crippen LogP contribution in [-0.2, 0) is 13.1 Å². The number of benzene rings is 3. The molecule has 164 valence electrons. The molecule has 2 aromatic heterocycles. The highest BCUT2D eigenvalue weighted by atomic mass is 15.3. The lowest BCUT2D eigenvalue weighted by molar-refractivity contribution is 0.165. The molecule has 1 atom stereocenters. The molecule has 1 aliphatic heterocycles. The SMILES string of the molecule is Cc1nnc(Nc2ccc3c(c2)nc2n3CCN([C@@H](C)c3ccccc3)C2)c2ccccc12. The van der Waals surface area contributed by atoms with Gasteiger partial charge in [-0.3, -0.25) is 4.90 Å². The predicted octanol–water partition coefficient (Wildman–Crippen LogP) is 5.61. The largest absolute Gasteiger partial charge is 0.338 e. The van der Waals surface area contributed by atoms with E-state index < -0.39 is 0 Å². The molecule has 0 radical (unpaired) electrons. The second-order valence-corrected chi connectivity index (χ2v) is 8.74. The van der Waals surface area contributed by atoms with Gasteiger partial charge in [0.1, 0.15) is 5.82 Å². The molecular weight excluding hydrogens is 408 g/mol. The Hall–Kier alpha value is -3.77. The number of hydrogen-bond acceptors (Lipinski definition) is 5. The van der Waals surface area contributed by atoms with Crippen LogP contribution in [-0.4, -0.2) is 31.2 Å². The van der Waals surface area contributed by atoms with E-state index in [0.29, 0.717) is 6.04 Å². The smallest absolute Gasteiger partial charge is 0.160 e. The van der Waals surface area contributed by atoms with Crippen molar-refractivity contribution in [2.45, 2.75) is 33.0 Å². The van der Waals surface area contributed by atoms with Crippen molar-refractivity contribution in [2.75, 3.05) is 11.9 Å². The van der Waals surface area contributed by atoms with Gasteiger partial charge in [0.2, 0.25) is 0 Å². The van der Waals surface area contributed by atoms with Crippen LogP contribution in [0.15, 0.2) is 72.8 Å². The molecule has 5 aromatic rings. The fourth-order valence-corrected chi connectivity index (χ4v) is 4.86. The summed E-state index contributed by atoms with van der Waals surface area (Å²) in [5.74, 6) is 1.89. The molecule has 1 aliphatic rings. The highest BCUT2D eigenvalue weighted by molar-refractivity contribution is 5.94. The number of aromatic nitrogens is 4. The standard InChI is InChI=1S/C27H26N6/c1-18-22-10-6-7-11-23(22)27(31-30-18)28-21-12-13-25-24(16-21)29-26-17-32(14-15-33(25)26)19(2)20-8-4-3-5-9-20/h3-13,16,19H,14-15,17H2,1-2H3,(H,28,31)/t19-/m0/s1. The lowest BCUT2D eigenvalue weighted by Gasteiger charge is -2.33. The van der Waals surface area contributed by atoms with E-state index in [1.165, 1.54) is 11.1 Å². The number of aryl methyl sites for hydroxylation is 1. The number of fused-ring (bicyclic) bond motifs is 4. The molecule has 33 heavy (non-hydrogen) atoms. The Kier molecular flexibility index (Phi) is 4.80. The summed E-state index contributed by atoms with van der Waals surface area (Å²) < 4.78 is 2.36. The number of rotatable bonds is 4. The normalized spacial score (nSPS) is 15.0. The molecule has 3 heterocycles. The van der Waals surface area contributed by atoms with Crippen molar-refractivity contribution in [1.29, 1.82) is 0 Å². The summed E-state index contributed by atoms with van der Waals surface area (Å²) in [6.07, 6.45) is 0. The van der Waals surface area contributed by atoms with Crippen LogP contribution in [0, 0.1) is 6.92 Å². The second-order valence-electron chi connectivity index (χ2n) is 8.74. The molecular formula is C27H26N6. The zero-order chi connectivity index (χ0) is 22.4. The van der Waals surface area contributed by atoms with E-state index >= 15 is 0 Å². The lowest BCUT2D eigenvalue weighted by atomic mass is 10.1. The van der Waals surface area contributed by atoms with Crippen LogP contribution in [0.25, 0.3) is 21.8 Å². The zero-order valence-electron chi connectivity index (χ0n) is 18.9. The molecule has 0 amide bonds. The molecule has 0 fully saturated rings. The molecule has 6 nitrogen and oxygen atoms in total. The Morgan fingerprint density at radius 3 is 2.52 bits per heavy atom. The van der Waals surface area contributed by atoms with E-state index in [1.54, 1.807) is 0 Å². The minimum atomic E-state index is 0.366. The Balaban J connectivity index is 1.29. The summed E-state index contributed by atoms with van der Waals surface area (Å²) in [6, 6.07) is 25.7. The first-order valence-electron chi connectivity index (χ1n) is 11.4. The fraction of sp³-hybridized carbons (Fsp3) is 0.222. The Morgan fingerprint density at radius 1 is 0.879 bits per heavy atom. The van der Waals surface area contributed by atoms with E-state index in [1.807, 2.05) is 19.1 Å². The summed E-state index contributed by atoms with van der Waals surface area (Å²) in [6.45, 7) is 7.08. The molecule has 1 N–H and O–H groups in total. The van der Waals surface area contributed by atoms with E-state index in [-0.39, 0.29) is 0 Å². The highest BCUT2D eigenvalue weighted by Crippen LogP contribution is 2.30. The summed E-state index contributed by atoms with van der Waals surface area (Å²) in [4.78, 5) is 7.51. The Morgan fingerprint density at radius 2 is 1.67 bits per heavy atom. The zero-order valence-corrected chi connectivity index (χ0v) is 18.9. The number of anilines is 2. The van der Waals surface area contributed by atoms with Crippen LogP contribution in [0.3, 0.4) is 0 Å². The van der Waals surface area contributed by atoms with Crippen LogP contribution in [0.1, 0.15) is 30.0 Å². The average molecular weight is 435 g/mol. The third kappa shape index (κ3) is 3.52. The van der Waals surface area contributed by atoms with Crippen molar-refractivity contribution in [3.63, 3.8) is 0 Å². The molecule has 0 spiro atoms. The third-order valence-electron chi connectivity index (χ3n) is 6.75. The van der Waals surface area contributed by atoms with Crippen molar-refractivity contribution in [3.8, 4) is 0 Å². The van der Waals surface area contributed by atoms with E-state index in [9.17, 15) is 0 Å². The molecule has 3 aromatic carbocycles. The second kappa shape index (κ2) is 7.98. The van der Waals surface area contributed by atoms with Gasteiger partial charge < -0.3 is 9.88 Å². The van der Waals surface area contributed by atoms with Crippen molar-refractivity contribution in [2.24, 2.45) is 0 Å². The van der Waals surface area contributed by atoms with Gasteiger partial charge in [0.25, 0.3) is 0 Å². The summed E-state index contributed by atoms with van der Waals surface area (Å²) >= 11 is 0. The van der Waals surface area contributed by atoms with Crippen LogP contribution < -0.4 is 5.32 Å². The summed E-state index contributed by atoms with van der Waals surface area (Å²) in [5, 5.41) is 14.4. The van der Waals surface area contributed by atoms with Crippen LogP contribution >= 0.6 is 0 Å². The quantitative estimate of drug-likeness (QED) is 0.398. The Bertz CT molecular complexity index is 1460. The number of nitrogens with one attached hydrogen (secondary N) is 1. The first-order valence-corrected chi connectivity index (χ1v) is 11.4. The molecule has 6 heteroatoms. The average Bonchev–Trinajstić information content (AvgIpc) is 3.23. The van der Waals surface area contributed by atoms with Gasteiger partial charge >= 0.3 is 0 Å². The van der Waals surface area contributed by atoms with Crippen LogP contribution in [0.2, 0.25) is 0 Å². The van der Waals surface area contributed by atoms with E-state index in [0.717, 1.165) is 58.9 Å². The monoisotopic (exact) mass is 434 g/mol. The molecule has 0 aliphatic carbocycles. The molecule has 0 saturated heterocycles. The predicted molar refractivity (Wildman–Crippen MR) is 133 cm³/mol. The van der Waals surface area contributed by atoms with Crippen molar-refractivity contribution in [3.05, 3.63) is 89.9 Å². The molecule has 0 saturated carbocycles. The maximum Gasteiger partial charge on any atom is 0.160 e. The van der Waals surface area contributed by atoms with Gasteiger partial charge in [0.05, 0.1) is 23.3 Å². The lowest BCUT2D eigenvalue weighted by Crippen LogP contribution is -2.35. The first-order chi connectivity index (χ1) is 16.2. The highest BCUT2D eigenvalue weighted by Gasteiger charge is 2.24. The summed E-state index contributed by atoms with van der Waals surface area (Å²) in [7, 11) is 0. The van der Waals surface area contributed by atoms with Gasteiger partial charge in [0, 0.05) is 35.6 Å². The fourth-order valence-electron chi connectivity index (χ4n) is 4.86. The summed E-state index contributed by atoms with van der Waals surface area (Å²) in [5.41, 5.74) is 5.44. The van der Waals surface area contributed by atoms with Gasteiger partial charge in [-0.25, -0.2) is 4.98 Å². The van der Waals surface area contributed by atoms with E-state index in [4.69, 9.17) is 4.98 Å². The van der Waals surface area contributed by atoms with Crippen molar-refractivity contribution in [1.82, 2.24) is 24.6 Å². The maximum atomic E-state index is 5.00. The molecule has 0 unspecified atom stereocenters. The number of imidazole rings is 1. The van der Waals surface area contributed by atoms with E-state index in [2.05, 4.69) is 92.6 Å². The Labute approximate surface area is 192 Å². The maximum absolute atomic E-state index is 5.00. The number of nitrogens with zero attached hydrogens (tertiary/aromatic N) is 5. The van der Waals surface area contributed by atoms with Gasteiger partial charge in [-0.05, 0) is 37.6 Å². The van der Waals surface area contributed by atoms with Gasteiger partial charge in [-0.2, -0.15) is 5.10 Å². The van der Waals surface area contributed by atoms with Crippen molar-refractivity contribution >= 4 is 33.3 Å². The minimum Gasteiger partial charge on any atom is -0.338 e. The van der Waals surface area contributed by atoms with Crippen LogP contribution in [0.5, 0.6) is 0 Å². The number of hydrogen-bond donors (Lipinski definition) is 1. The topological polar surface area (TPSA) is 58.9 Å². The molecule has 6 rings (SSSR count). The minimum absolute atomic E-state index is 0.366. The van der Waals surface area contributed by atoms with Crippen molar-refractivity contribution < 1.29 is 0 Å².